The number of esters is 1. The van der Waals surface area contributed by atoms with Gasteiger partial charge in [-0.15, -0.1) is 0 Å². The molecule has 0 fully saturated rings. The molecule has 0 spiro atoms. The number of hydrogen-bond acceptors (Lipinski definition) is 6. The van der Waals surface area contributed by atoms with Crippen LogP contribution >= 0.6 is 0 Å². The molecular formula is C13H17N3O5. The Balaban J connectivity index is 2.34. The van der Waals surface area contributed by atoms with Crippen LogP contribution in [0.15, 0.2) is 40.8 Å². The molecule has 1 aromatic carbocycles. The second kappa shape index (κ2) is 8.51. The summed E-state index contributed by atoms with van der Waals surface area (Å²) in [6.45, 7) is 2.82. The fraction of sp³-hybridized carbons (Fsp3) is 0.385. The van der Waals surface area contributed by atoms with E-state index in [2.05, 4.69) is 15.3 Å². The molecule has 114 valence electrons. The lowest BCUT2D eigenvalue weighted by molar-refractivity contribution is -0.139. The van der Waals surface area contributed by atoms with Crippen LogP contribution in [0, 0.1) is 0 Å². The molecular weight excluding hydrogens is 278 g/mol. The Labute approximate surface area is 121 Å². The van der Waals surface area contributed by atoms with E-state index >= 15 is 0 Å². The van der Waals surface area contributed by atoms with Crippen molar-refractivity contribution in [1.82, 2.24) is 5.01 Å². The number of carbonyl (C=O) groups is 2. The predicted molar refractivity (Wildman–Crippen MR) is 72.1 cm³/mol. The molecule has 0 heterocycles. The van der Waals surface area contributed by atoms with Crippen molar-refractivity contribution in [1.29, 1.82) is 0 Å². The molecule has 0 saturated carbocycles. The lowest BCUT2D eigenvalue weighted by Crippen LogP contribution is -2.30. The summed E-state index contributed by atoms with van der Waals surface area (Å²) in [6.07, 6.45) is 0. The second-order valence-electron chi connectivity index (χ2n) is 4.30. The van der Waals surface area contributed by atoms with Gasteiger partial charge in [0.1, 0.15) is 6.54 Å². The van der Waals surface area contributed by atoms with Gasteiger partial charge in [-0.05, 0) is 31.2 Å². The third kappa shape index (κ3) is 6.37. The highest BCUT2D eigenvalue weighted by atomic mass is 16.8. The molecule has 8 heteroatoms. The molecule has 0 radical (unpaired) electrons. The van der Waals surface area contributed by atoms with Gasteiger partial charge in [0.15, 0.2) is 0 Å². The van der Waals surface area contributed by atoms with Gasteiger partial charge in [0.05, 0.1) is 5.56 Å². The number of ether oxygens (including phenoxy) is 1. The van der Waals surface area contributed by atoms with Gasteiger partial charge >= 0.3 is 11.9 Å². The minimum atomic E-state index is -1.03. The third-order valence-corrected chi connectivity index (χ3v) is 2.35. The molecule has 21 heavy (non-hydrogen) atoms. The van der Waals surface area contributed by atoms with Gasteiger partial charge in [-0.1, -0.05) is 18.2 Å². The van der Waals surface area contributed by atoms with Crippen molar-refractivity contribution in [3.63, 3.8) is 0 Å². The minimum Gasteiger partial charge on any atom is -0.480 e. The van der Waals surface area contributed by atoms with E-state index < -0.39 is 18.7 Å². The highest BCUT2D eigenvalue weighted by Crippen LogP contribution is 2.02. The molecule has 0 saturated heterocycles. The largest absolute Gasteiger partial charge is 0.480 e. The average Bonchev–Trinajstić information content (AvgIpc) is 2.45. The maximum Gasteiger partial charge on any atom is 0.341 e. The first-order valence-corrected chi connectivity index (χ1v) is 6.24. The maximum absolute atomic E-state index is 11.5. The van der Waals surface area contributed by atoms with Gasteiger partial charge in [0.25, 0.3) is 6.79 Å². The molecule has 1 N–H and O–H groups in total. The van der Waals surface area contributed by atoms with Crippen molar-refractivity contribution >= 4 is 11.9 Å². The Bertz CT molecular complexity index is 490. The van der Waals surface area contributed by atoms with E-state index in [0.29, 0.717) is 5.56 Å². The van der Waals surface area contributed by atoms with Gasteiger partial charge in [0, 0.05) is 11.3 Å². The van der Waals surface area contributed by atoms with E-state index in [1.807, 2.05) is 0 Å². The van der Waals surface area contributed by atoms with E-state index in [0.717, 1.165) is 0 Å². The van der Waals surface area contributed by atoms with Crippen LogP contribution in [0.3, 0.4) is 0 Å². The van der Waals surface area contributed by atoms with Crippen molar-refractivity contribution in [3.8, 4) is 0 Å². The Morgan fingerprint density at radius 3 is 2.52 bits per heavy atom. The van der Waals surface area contributed by atoms with Crippen LogP contribution in [0.1, 0.15) is 24.2 Å². The average molecular weight is 295 g/mol. The van der Waals surface area contributed by atoms with Crippen LogP contribution < -0.4 is 0 Å². The van der Waals surface area contributed by atoms with Crippen molar-refractivity contribution < 1.29 is 24.3 Å². The van der Waals surface area contributed by atoms with Gasteiger partial charge in [-0.3, -0.25) is 9.80 Å². The summed E-state index contributed by atoms with van der Waals surface area (Å²) in [5, 5.41) is 16.8. The van der Waals surface area contributed by atoms with Crippen LogP contribution in [0.4, 0.5) is 0 Å². The lowest BCUT2D eigenvalue weighted by atomic mass is 10.2. The fourth-order valence-corrected chi connectivity index (χ4v) is 1.29. The van der Waals surface area contributed by atoms with Gasteiger partial charge < -0.3 is 14.7 Å². The van der Waals surface area contributed by atoms with Crippen molar-refractivity contribution in [2.75, 3.05) is 13.3 Å². The van der Waals surface area contributed by atoms with Crippen molar-refractivity contribution in [3.05, 3.63) is 35.9 Å². The van der Waals surface area contributed by atoms with Crippen LogP contribution in [-0.2, 0) is 14.4 Å². The molecule has 0 atom stereocenters. The maximum atomic E-state index is 11.5. The fourth-order valence-electron chi connectivity index (χ4n) is 1.29. The molecule has 0 aliphatic carbocycles. The van der Waals surface area contributed by atoms with Crippen LogP contribution in [0.2, 0.25) is 0 Å². The zero-order chi connectivity index (χ0) is 15.7. The topological polar surface area (TPSA) is 101 Å². The highest BCUT2D eigenvalue weighted by Gasteiger charge is 2.11. The van der Waals surface area contributed by atoms with E-state index in [9.17, 15) is 9.59 Å². The van der Waals surface area contributed by atoms with Crippen molar-refractivity contribution in [2.45, 2.75) is 19.9 Å². The predicted octanol–water partition coefficient (Wildman–Crippen LogP) is 1.89. The number of hydrogen-bond donors (Lipinski definition) is 1. The molecule has 1 rings (SSSR count). The van der Waals surface area contributed by atoms with E-state index in [4.69, 9.17) is 9.84 Å². The monoisotopic (exact) mass is 295 g/mol. The molecule has 8 nitrogen and oxygen atoms in total. The van der Waals surface area contributed by atoms with E-state index in [1.54, 1.807) is 44.2 Å². The lowest BCUT2D eigenvalue weighted by Gasteiger charge is -2.18. The number of carboxylic acids is 1. The first-order valence-electron chi connectivity index (χ1n) is 6.24. The summed E-state index contributed by atoms with van der Waals surface area (Å²) < 4.78 is 4.80. The van der Waals surface area contributed by atoms with Gasteiger partial charge in [0.2, 0.25) is 0 Å². The Morgan fingerprint density at radius 1 is 1.29 bits per heavy atom. The molecule has 0 aliphatic rings. The van der Waals surface area contributed by atoms with Crippen LogP contribution in [0.5, 0.6) is 0 Å². The van der Waals surface area contributed by atoms with Gasteiger partial charge in [-0.2, -0.15) is 0 Å². The summed E-state index contributed by atoms with van der Waals surface area (Å²) in [7, 11) is 0. The number of benzene rings is 1. The zero-order valence-corrected chi connectivity index (χ0v) is 11.8. The molecule has 1 aromatic rings. The van der Waals surface area contributed by atoms with Crippen molar-refractivity contribution in [2.24, 2.45) is 10.5 Å². The smallest absolute Gasteiger partial charge is 0.341 e. The molecule has 0 amide bonds. The quantitative estimate of drug-likeness (QED) is 0.258. The molecule has 0 aliphatic heterocycles. The molecule has 0 bridgehead atoms. The number of nitrogens with zero attached hydrogens (tertiary/aromatic N) is 3. The SMILES string of the molecule is CC(C)N(CC(=O)O)/N=N\OCOC(=O)c1ccccc1. The minimum absolute atomic E-state index is 0.152. The van der Waals surface area contributed by atoms with E-state index in [-0.39, 0.29) is 12.6 Å². The van der Waals surface area contributed by atoms with Crippen LogP contribution in [-0.4, -0.2) is 41.4 Å². The first-order chi connectivity index (χ1) is 10.0. The molecule has 0 aromatic heterocycles. The normalized spacial score (nSPS) is 10.6. The Hall–Kier alpha value is -2.64. The third-order valence-electron chi connectivity index (χ3n) is 2.35. The van der Waals surface area contributed by atoms with E-state index in [1.165, 1.54) is 5.01 Å². The zero-order valence-electron chi connectivity index (χ0n) is 11.8. The number of carboxylic acid groups (broad SMARTS) is 1. The summed E-state index contributed by atoms with van der Waals surface area (Å²) in [5.74, 6) is -1.57. The summed E-state index contributed by atoms with van der Waals surface area (Å²) in [6, 6.07) is 8.27. The highest BCUT2D eigenvalue weighted by molar-refractivity contribution is 5.89. The standard InChI is InChI=1S/C13H17N3O5/c1-10(2)16(8-12(17)18)14-15-21-9-20-13(19)11-6-4-3-5-7-11/h3-7,10H,8-9H2,1-2H3,(H,17,18)/b15-14-. The van der Waals surface area contributed by atoms with Gasteiger partial charge in [-0.25, -0.2) is 4.79 Å². The number of rotatable bonds is 8. The summed E-state index contributed by atoms with van der Waals surface area (Å²) >= 11 is 0. The summed E-state index contributed by atoms with van der Waals surface area (Å²) in [4.78, 5) is 26.8. The van der Waals surface area contributed by atoms with Crippen LogP contribution in [0.25, 0.3) is 0 Å². The Kier molecular flexibility index (Phi) is 6.66. The first kappa shape index (κ1) is 16.4. The number of carbonyl (C=O) groups excluding carboxylic acids is 1. The summed E-state index contributed by atoms with van der Waals surface area (Å²) in [5.41, 5.74) is 0.396. The number of aliphatic carboxylic acids is 1. The molecule has 0 unspecified atom stereocenters. The second-order valence-corrected chi connectivity index (χ2v) is 4.30. The Morgan fingerprint density at radius 2 is 1.95 bits per heavy atom.